The molecule has 16 heavy (non-hydrogen) atoms. The summed E-state index contributed by atoms with van der Waals surface area (Å²) < 4.78 is 5.05. The smallest absolute Gasteiger partial charge is 0.330 e. The lowest BCUT2D eigenvalue weighted by Gasteiger charge is -2.24. The third-order valence-corrected chi connectivity index (χ3v) is 2.27. The van der Waals surface area contributed by atoms with Gasteiger partial charge in [0.05, 0.1) is 19.0 Å². The number of rotatable bonds is 3. The van der Waals surface area contributed by atoms with Gasteiger partial charge in [-0.05, 0) is 0 Å². The summed E-state index contributed by atoms with van der Waals surface area (Å²) in [5.74, 6) is 0. The fraction of sp³-hybridized carbons (Fsp3) is 0. The Balaban J connectivity index is 2.09. The van der Waals surface area contributed by atoms with Crippen LogP contribution in [0.2, 0.25) is 0 Å². The molecule has 0 amide bonds. The first kappa shape index (κ1) is 8.77. The summed E-state index contributed by atoms with van der Waals surface area (Å²) in [7, 11) is -1.31. The first-order chi connectivity index (χ1) is 7.95. The van der Waals surface area contributed by atoms with Crippen LogP contribution in [0, 0.1) is 0 Å². The molecule has 0 N–H and O–H groups in total. The molecule has 0 radical (unpaired) electrons. The molecular weight excluding hydrogens is 209 g/mol. The van der Waals surface area contributed by atoms with Crippen molar-refractivity contribution >= 4 is 7.12 Å². The van der Waals surface area contributed by atoms with Crippen LogP contribution < -0.4 is 0 Å². The first-order valence-electron chi connectivity index (χ1n) is 4.65. The van der Waals surface area contributed by atoms with Crippen LogP contribution >= 0.6 is 0 Å². The van der Waals surface area contributed by atoms with Gasteiger partial charge in [-0.2, -0.15) is 0 Å². The maximum absolute atomic E-state index is 4.09. The Hall–Kier alpha value is -2.52. The average Bonchev–Trinajstić information content (AvgIpc) is 3.02. The SMILES string of the molecule is c1ncn([BH-](n2cncn2)n2cncn2)n1. The third-order valence-electron chi connectivity index (χ3n) is 2.27. The van der Waals surface area contributed by atoms with Gasteiger partial charge in [0.15, 0.2) is 0 Å². The molecule has 10 heteroatoms. The van der Waals surface area contributed by atoms with E-state index < -0.39 is 7.12 Å². The van der Waals surface area contributed by atoms with Gasteiger partial charge in [0.2, 0.25) is 0 Å². The Morgan fingerprint density at radius 1 is 0.625 bits per heavy atom. The highest BCUT2D eigenvalue weighted by molar-refractivity contribution is 6.52. The second kappa shape index (κ2) is 3.57. The van der Waals surface area contributed by atoms with Gasteiger partial charge >= 0.3 is 7.12 Å². The predicted molar refractivity (Wildman–Crippen MR) is 53.4 cm³/mol. The fourth-order valence-electron chi connectivity index (χ4n) is 1.58. The molecule has 0 aliphatic carbocycles. The van der Waals surface area contributed by atoms with Crippen molar-refractivity contribution in [3.05, 3.63) is 38.0 Å². The molecule has 0 saturated heterocycles. The second-order valence-corrected chi connectivity index (χ2v) is 3.23. The largest absolute Gasteiger partial charge is 0.386 e. The van der Waals surface area contributed by atoms with Crippen LogP contribution in [-0.2, 0) is 0 Å². The van der Waals surface area contributed by atoms with Crippen molar-refractivity contribution in [3.8, 4) is 0 Å². The lowest BCUT2D eigenvalue weighted by molar-refractivity contribution is 0.769. The normalized spacial score (nSPS) is 11.1. The van der Waals surface area contributed by atoms with Crippen LogP contribution in [0.1, 0.15) is 0 Å². The van der Waals surface area contributed by atoms with Crippen molar-refractivity contribution in [2.24, 2.45) is 0 Å². The van der Waals surface area contributed by atoms with Gasteiger partial charge in [0.25, 0.3) is 0 Å². The van der Waals surface area contributed by atoms with E-state index in [2.05, 4.69) is 30.2 Å². The molecule has 3 aromatic heterocycles. The predicted octanol–water partition coefficient (Wildman–Crippen LogP) is -1.88. The molecule has 0 spiro atoms. The molecule has 9 nitrogen and oxygen atoms in total. The van der Waals surface area contributed by atoms with Crippen molar-refractivity contribution in [1.82, 2.24) is 44.0 Å². The molecule has 0 saturated carbocycles. The maximum Gasteiger partial charge on any atom is 0.330 e. The molecule has 0 unspecified atom stereocenters. The Morgan fingerprint density at radius 3 is 1.25 bits per heavy atom. The van der Waals surface area contributed by atoms with Crippen molar-refractivity contribution in [3.63, 3.8) is 0 Å². The summed E-state index contributed by atoms with van der Waals surface area (Å²) in [5, 5.41) is 12.3. The van der Waals surface area contributed by atoms with Gasteiger partial charge in [-0.1, -0.05) is 0 Å². The monoisotopic (exact) mass is 216 g/mol. The number of hydrogen-bond acceptors (Lipinski definition) is 6. The van der Waals surface area contributed by atoms with Gasteiger partial charge in [0.1, 0.15) is 19.0 Å². The first-order valence-corrected chi connectivity index (χ1v) is 4.65. The molecule has 0 bridgehead atoms. The summed E-state index contributed by atoms with van der Waals surface area (Å²) in [4.78, 5) is 11.7. The van der Waals surface area contributed by atoms with Crippen LogP contribution in [0.15, 0.2) is 38.0 Å². The number of hydrogen-bond donors (Lipinski definition) is 0. The fourth-order valence-corrected chi connectivity index (χ4v) is 1.58. The lowest BCUT2D eigenvalue weighted by Crippen LogP contribution is -2.42. The Kier molecular flexibility index (Phi) is 1.95. The van der Waals surface area contributed by atoms with E-state index in [0.29, 0.717) is 0 Å². The van der Waals surface area contributed by atoms with E-state index in [-0.39, 0.29) is 0 Å². The van der Waals surface area contributed by atoms with Crippen LogP contribution in [0.25, 0.3) is 0 Å². The highest BCUT2D eigenvalue weighted by atomic mass is 15.5. The van der Waals surface area contributed by atoms with Crippen LogP contribution in [0.3, 0.4) is 0 Å². The molecule has 0 fully saturated rings. The molecule has 80 valence electrons. The maximum atomic E-state index is 4.09. The number of nitrogens with zero attached hydrogens (tertiary/aromatic N) is 9. The quantitative estimate of drug-likeness (QED) is 0.476. The summed E-state index contributed by atoms with van der Waals surface area (Å²) in [5.41, 5.74) is 0. The van der Waals surface area contributed by atoms with Crippen LogP contribution in [0.5, 0.6) is 0 Å². The molecule has 3 heterocycles. The van der Waals surface area contributed by atoms with Gasteiger partial charge in [-0.15, -0.1) is 0 Å². The van der Waals surface area contributed by atoms with Crippen LogP contribution in [0.4, 0.5) is 0 Å². The Labute approximate surface area is 89.9 Å². The zero-order chi connectivity index (χ0) is 10.8. The van der Waals surface area contributed by atoms with Gasteiger partial charge in [-0.25, -0.2) is 30.2 Å². The minimum absolute atomic E-state index is 1.31. The van der Waals surface area contributed by atoms with E-state index in [1.54, 1.807) is 32.8 Å². The highest BCUT2D eigenvalue weighted by Gasteiger charge is 2.11. The summed E-state index contributed by atoms with van der Waals surface area (Å²) in [6.07, 6.45) is 9.24. The van der Waals surface area contributed by atoms with Crippen molar-refractivity contribution < 1.29 is 0 Å². The van der Waals surface area contributed by atoms with E-state index in [1.807, 2.05) is 0 Å². The van der Waals surface area contributed by atoms with Crippen molar-refractivity contribution in [1.29, 1.82) is 0 Å². The molecular formula is C6H7BN9-. The minimum Gasteiger partial charge on any atom is -0.386 e. The standard InChI is InChI=1S/C6H7BN9/c1-8-4-14(11-1)7(15-5-9-2-12-15)16-6-10-3-13-16/h1-7H/q-1. The number of aromatic nitrogens is 9. The Morgan fingerprint density at radius 2 is 1.00 bits per heavy atom. The van der Waals surface area contributed by atoms with E-state index in [4.69, 9.17) is 0 Å². The van der Waals surface area contributed by atoms with E-state index in [0.717, 1.165) is 0 Å². The summed E-state index contributed by atoms with van der Waals surface area (Å²) >= 11 is 0. The van der Waals surface area contributed by atoms with Gasteiger partial charge < -0.3 is 13.8 Å². The zero-order valence-electron chi connectivity index (χ0n) is 8.20. The topological polar surface area (TPSA) is 92.1 Å². The molecule has 3 aromatic rings. The zero-order valence-corrected chi connectivity index (χ0v) is 8.20. The minimum atomic E-state index is -1.31. The van der Waals surface area contributed by atoms with Gasteiger partial charge in [-0.3, -0.25) is 0 Å². The van der Waals surface area contributed by atoms with Crippen molar-refractivity contribution in [2.45, 2.75) is 0 Å². The van der Waals surface area contributed by atoms with E-state index >= 15 is 0 Å². The van der Waals surface area contributed by atoms with E-state index in [1.165, 1.54) is 19.0 Å². The molecule has 0 atom stereocenters. The third kappa shape index (κ3) is 1.36. The highest BCUT2D eigenvalue weighted by Crippen LogP contribution is 1.93. The van der Waals surface area contributed by atoms with E-state index in [9.17, 15) is 0 Å². The summed E-state index contributed by atoms with van der Waals surface area (Å²) in [6.45, 7) is 0. The molecule has 0 aliphatic rings. The molecule has 3 rings (SSSR count). The summed E-state index contributed by atoms with van der Waals surface area (Å²) in [6, 6.07) is 0. The van der Waals surface area contributed by atoms with Crippen LogP contribution in [-0.4, -0.2) is 51.1 Å². The average molecular weight is 216 g/mol. The Bertz CT molecular complexity index is 445. The molecule has 0 aromatic carbocycles. The lowest BCUT2D eigenvalue weighted by atomic mass is 9.96. The van der Waals surface area contributed by atoms with Gasteiger partial charge in [0, 0.05) is 0 Å². The van der Waals surface area contributed by atoms with Crippen molar-refractivity contribution in [2.75, 3.05) is 0 Å². The second-order valence-electron chi connectivity index (χ2n) is 3.23. The molecule has 0 aliphatic heterocycles.